The van der Waals surface area contributed by atoms with Crippen LogP contribution < -0.4 is 11.2 Å². The van der Waals surface area contributed by atoms with Gasteiger partial charge in [0.25, 0.3) is 12.1 Å². The highest BCUT2D eigenvalue weighted by Crippen LogP contribution is 2.56. The molecule has 0 radical (unpaired) electrons. The number of nitrogens with zero attached hydrogens (tertiary/aromatic N) is 2. The Balaban J connectivity index is 2.66. The van der Waals surface area contributed by atoms with Crippen LogP contribution in [0.1, 0.15) is 26.0 Å². The molecule has 9 heteroatoms. The molecular weight excluding hydrogens is 359 g/mol. The zero-order chi connectivity index (χ0) is 17.8. The predicted octanol–water partition coefficient (Wildman–Crippen LogP) is 3.13. The van der Waals surface area contributed by atoms with Crippen LogP contribution in [0.2, 0.25) is 5.02 Å². The van der Waals surface area contributed by atoms with Crippen molar-refractivity contribution in [2.24, 2.45) is 13.0 Å². The van der Waals surface area contributed by atoms with E-state index in [1.165, 1.54) is 15.9 Å². The van der Waals surface area contributed by atoms with Crippen LogP contribution in [-0.4, -0.2) is 28.2 Å². The Morgan fingerprint density at radius 1 is 1.35 bits per heavy atom. The largest absolute Gasteiger partial charge is 0.330 e. The van der Waals surface area contributed by atoms with E-state index in [-0.39, 0.29) is 11.6 Å². The van der Waals surface area contributed by atoms with Crippen molar-refractivity contribution >= 4 is 29.6 Å². The summed E-state index contributed by atoms with van der Waals surface area (Å²) in [5, 5.41) is 0.0567. The Labute approximate surface area is 145 Å². The van der Waals surface area contributed by atoms with Crippen molar-refractivity contribution in [3.63, 3.8) is 0 Å². The topological polar surface area (TPSA) is 70.3 Å². The SMILES string of the molecule is Cc1c(Cl)c(=O)n(CCCSP(C)(=O)OCC(C)C)c(=O)n1C. The molecule has 0 spiro atoms. The zero-order valence-electron chi connectivity index (χ0n) is 14.2. The first-order valence-electron chi connectivity index (χ1n) is 7.39. The van der Waals surface area contributed by atoms with Gasteiger partial charge in [-0.25, -0.2) is 4.79 Å². The minimum Gasteiger partial charge on any atom is -0.321 e. The second kappa shape index (κ2) is 8.56. The third-order valence-electron chi connectivity index (χ3n) is 3.27. The molecule has 23 heavy (non-hydrogen) atoms. The van der Waals surface area contributed by atoms with Crippen LogP contribution in [0.3, 0.4) is 0 Å². The van der Waals surface area contributed by atoms with Crippen LogP contribution in [0.25, 0.3) is 0 Å². The van der Waals surface area contributed by atoms with Gasteiger partial charge >= 0.3 is 5.69 Å². The van der Waals surface area contributed by atoms with Gasteiger partial charge in [0.2, 0.25) is 0 Å². The van der Waals surface area contributed by atoms with Gasteiger partial charge in [0.05, 0.1) is 6.61 Å². The van der Waals surface area contributed by atoms with E-state index in [0.29, 0.717) is 30.4 Å². The van der Waals surface area contributed by atoms with Gasteiger partial charge in [0.1, 0.15) is 5.02 Å². The van der Waals surface area contributed by atoms with Crippen LogP contribution in [0.15, 0.2) is 9.59 Å². The maximum atomic E-state index is 12.2. The average Bonchev–Trinajstić information content (AvgIpc) is 2.48. The molecule has 1 aromatic heterocycles. The third-order valence-corrected chi connectivity index (χ3v) is 7.53. The third kappa shape index (κ3) is 5.82. The summed E-state index contributed by atoms with van der Waals surface area (Å²) < 4.78 is 20.1. The smallest absolute Gasteiger partial charge is 0.321 e. The lowest BCUT2D eigenvalue weighted by Gasteiger charge is -2.15. The predicted molar refractivity (Wildman–Crippen MR) is 97.1 cm³/mol. The van der Waals surface area contributed by atoms with E-state index in [1.807, 2.05) is 13.8 Å². The first kappa shape index (κ1) is 20.6. The summed E-state index contributed by atoms with van der Waals surface area (Å²) in [5.41, 5.74) is -0.418. The molecule has 0 aliphatic carbocycles. The van der Waals surface area contributed by atoms with Crippen molar-refractivity contribution in [3.8, 4) is 0 Å². The van der Waals surface area contributed by atoms with E-state index in [1.54, 1.807) is 20.6 Å². The monoisotopic (exact) mass is 382 g/mol. The molecule has 1 heterocycles. The minimum atomic E-state index is -2.70. The molecule has 0 fully saturated rings. The molecule has 0 aromatic carbocycles. The summed E-state index contributed by atoms with van der Waals surface area (Å²) in [7, 11) is 1.58. The van der Waals surface area contributed by atoms with Crippen molar-refractivity contribution in [3.05, 3.63) is 31.6 Å². The molecule has 1 unspecified atom stereocenters. The van der Waals surface area contributed by atoms with Crippen LogP contribution in [0.5, 0.6) is 0 Å². The second-order valence-electron chi connectivity index (χ2n) is 5.85. The van der Waals surface area contributed by atoms with E-state index in [9.17, 15) is 14.2 Å². The summed E-state index contributed by atoms with van der Waals surface area (Å²) >= 11 is 7.19. The van der Waals surface area contributed by atoms with E-state index in [0.717, 1.165) is 4.57 Å². The van der Waals surface area contributed by atoms with Gasteiger partial charge in [-0.2, -0.15) is 0 Å². The molecule has 0 aliphatic rings. The summed E-state index contributed by atoms with van der Waals surface area (Å²) in [5.74, 6) is 0.854. The summed E-state index contributed by atoms with van der Waals surface area (Å²) in [4.78, 5) is 24.2. The molecule has 0 amide bonds. The molecule has 1 aromatic rings. The first-order chi connectivity index (χ1) is 10.6. The Morgan fingerprint density at radius 3 is 2.52 bits per heavy atom. The molecule has 0 N–H and O–H groups in total. The van der Waals surface area contributed by atoms with Gasteiger partial charge in [-0.3, -0.25) is 18.5 Å². The van der Waals surface area contributed by atoms with E-state index in [4.69, 9.17) is 16.1 Å². The van der Waals surface area contributed by atoms with Gasteiger partial charge in [-0.1, -0.05) is 36.8 Å². The number of hydrogen-bond acceptors (Lipinski definition) is 5. The van der Waals surface area contributed by atoms with E-state index in [2.05, 4.69) is 0 Å². The van der Waals surface area contributed by atoms with Crippen molar-refractivity contribution < 1.29 is 9.09 Å². The summed E-state index contributed by atoms with van der Waals surface area (Å²) in [6.45, 7) is 5.20. The van der Waals surface area contributed by atoms with Gasteiger partial charge in [0, 0.05) is 31.7 Å². The lowest BCUT2D eigenvalue weighted by Crippen LogP contribution is -2.40. The highest BCUT2D eigenvalue weighted by molar-refractivity contribution is 8.56. The fourth-order valence-electron chi connectivity index (χ4n) is 1.80. The standard InChI is InChI=1S/C14H24ClN2O4PS/c1-10(2)9-21-22(5,20)23-8-6-7-17-13(18)12(15)11(3)16(4)14(17)19/h10H,6-9H2,1-5H3. The highest BCUT2D eigenvalue weighted by atomic mass is 35.5. The van der Waals surface area contributed by atoms with Gasteiger partial charge in [-0.05, 0) is 19.3 Å². The second-order valence-corrected chi connectivity index (χ2v) is 11.5. The maximum Gasteiger partial charge on any atom is 0.330 e. The summed E-state index contributed by atoms with van der Waals surface area (Å²) in [6.07, 6.45) is 0.530. The van der Waals surface area contributed by atoms with E-state index >= 15 is 0 Å². The van der Waals surface area contributed by atoms with Gasteiger partial charge in [-0.15, -0.1) is 0 Å². The van der Waals surface area contributed by atoms with Crippen molar-refractivity contribution in [2.45, 2.75) is 33.7 Å². The van der Waals surface area contributed by atoms with Gasteiger partial charge < -0.3 is 4.52 Å². The number of rotatable bonds is 8. The molecule has 0 saturated carbocycles. The first-order valence-corrected chi connectivity index (χ1v) is 11.4. The minimum absolute atomic E-state index is 0.0567. The Kier molecular flexibility index (Phi) is 7.65. The Bertz CT molecular complexity index is 677. The molecule has 6 nitrogen and oxygen atoms in total. The Morgan fingerprint density at radius 2 is 1.96 bits per heavy atom. The van der Waals surface area contributed by atoms with Gasteiger partial charge in [0.15, 0.2) is 0 Å². The lowest BCUT2D eigenvalue weighted by atomic mass is 10.2. The van der Waals surface area contributed by atoms with Crippen LogP contribution in [0, 0.1) is 12.8 Å². The number of hydrogen-bond donors (Lipinski definition) is 0. The van der Waals surface area contributed by atoms with Crippen molar-refractivity contribution in [2.75, 3.05) is 19.0 Å². The fourth-order valence-corrected chi connectivity index (χ4v) is 5.05. The molecule has 0 aliphatic heterocycles. The molecule has 1 atom stereocenters. The molecule has 0 bridgehead atoms. The summed E-state index contributed by atoms with van der Waals surface area (Å²) in [6, 6.07) is 0. The molecule has 1 rings (SSSR count). The van der Waals surface area contributed by atoms with Crippen LogP contribution >= 0.6 is 29.6 Å². The maximum absolute atomic E-state index is 12.2. The quantitative estimate of drug-likeness (QED) is 0.510. The number of aromatic nitrogens is 2. The fraction of sp³-hybridized carbons (Fsp3) is 0.714. The zero-order valence-corrected chi connectivity index (χ0v) is 16.6. The molecule has 132 valence electrons. The average molecular weight is 383 g/mol. The van der Waals surface area contributed by atoms with E-state index < -0.39 is 17.8 Å². The van der Waals surface area contributed by atoms with Crippen molar-refractivity contribution in [1.29, 1.82) is 0 Å². The number of halogens is 1. The normalized spacial score (nSPS) is 14.2. The van der Waals surface area contributed by atoms with Crippen LogP contribution in [0.4, 0.5) is 0 Å². The van der Waals surface area contributed by atoms with Crippen molar-refractivity contribution in [1.82, 2.24) is 9.13 Å². The molecule has 0 saturated heterocycles. The Hall–Kier alpha value is -0.490. The lowest BCUT2D eigenvalue weighted by molar-refractivity contribution is 0.282. The van der Waals surface area contributed by atoms with Crippen LogP contribution in [-0.2, 0) is 22.7 Å². The highest BCUT2D eigenvalue weighted by Gasteiger charge is 2.17. The molecular formula is C14H24ClN2O4PS.